The summed E-state index contributed by atoms with van der Waals surface area (Å²) in [6.45, 7) is 3.57. The van der Waals surface area contributed by atoms with Crippen LogP contribution >= 0.6 is 11.8 Å². The van der Waals surface area contributed by atoms with Crippen molar-refractivity contribution in [3.63, 3.8) is 0 Å². The maximum absolute atomic E-state index is 12.3. The average Bonchev–Trinajstić information content (AvgIpc) is 2.41. The van der Waals surface area contributed by atoms with Crippen molar-refractivity contribution < 1.29 is 13.2 Å². The first-order valence-electron chi connectivity index (χ1n) is 7.19. The third-order valence-corrected chi connectivity index (χ3v) is 4.73. The van der Waals surface area contributed by atoms with Crippen molar-refractivity contribution >= 4 is 11.8 Å². The minimum atomic E-state index is -4.23. The van der Waals surface area contributed by atoms with Gasteiger partial charge in [-0.1, -0.05) is 18.6 Å². The van der Waals surface area contributed by atoms with E-state index in [1.165, 1.54) is 6.42 Å². The normalized spacial score (nSPS) is 24.2. The Labute approximate surface area is 127 Å². The van der Waals surface area contributed by atoms with Gasteiger partial charge in [0.2, 0.25) is 0 Å². The number of likely N-dealkylation sites (tertiary alicyclic amines) is 1. The Hall–Kier alpha value is -0.720. The second-order valence-electron chi connectivity index (χ2n) is 5.53. The van der Waals surface area contributed by atoms with Gasteiger partial charge >= 0.3 is 5.51 Å². The lowest BCUT2D eigenvalue weighted by Crippen LogP contribution is -2.48. The highest BCUT2D eigenvalue weighted by atomic mass is 32.2. The molecule has 1 aliphatic rings. The fourth-order valence-electron chi connectivity index (χ4n) is 2.89. The molecule has 2 atom stereocenters. The van der Waals surface area contributed by atoms with E-state index in [4.69, 9.17) is 5.73 Å². The first-order chi connectivity index (χ1) is 9.89. The van der Waals surface area contributed by atoms with Crippen LogP contribution in [0.3, 0.4) is 0 Å². The van der Waals surface area contributed by atoms with Gasteiger partial charge in [-0.2, -0.15) is 13.2 Å². The van der Waals surface area contributed by atoms with Crippen LogP contribution in [0, 0.1) is 0 Å². The van der Waals surface area contributed by atoms with Crippen LogP contribution < -0.4 is 5.73 Å². The first-order valence-corrected chi connectivity index (χ1v) is 8.01. The maximum Gasteiger partial charge on any atom is 0.446 e. The van der Waals surface area contributed by atoms with Crippen LogP contribution in [0.4, 0.5) is 13.2 Å². The molecule has 0 radical (unpaired) electrons. The molecule has 2 rings (SSSR count). The summed E-state index contributed by atoms with van der Waals surface area (Å²) >= 11 is -0.0725. The molecule has 0 amide bonds. The molecule has 1 saturated heterocycles. The quantitative estimate of drug-likeness (QED) is 0.851. The molecule has 2 unspecified atom stereocenters. The van der Waals surface area contributed by atoms with Crippen molar-refractivity contribution in [2.75, 3.05) is 6.54 Å². The largest absolute Gasteiger partial charge is 0.446 e. The lowest BCUT2D eigenvalue weighted by atomic mass is 9.95. The molecule has 1 aliphatic heterocycles. The summed E-state index contributed by atoms with van der Waals surface area (Å²) in [7, 11) is 0. The summed E-state index contributed by atoms with van der Waals surface area (Å²) in [4.78, 5) is 2.60. The molecule has 0 aliphatic carbocycles. The first kappa shape index (κ1) is 16.6. The maximum atomic E-state index is 12.3. The molecule has 2 nitrogen and oxygen atoms in total. The van der Waals surface area contributed by atoms with E-state index in [-0.39, 0.29) is 16.7 Å². The molecule has 21 heavy (non-hydrogen) atoms. The van der Waals surface area contributed by atoms with Crippen molar-refractivity contribution in [3.05, 3.63) is 29.8 Å². The molecule has 0 spiro atoms. The van der Waals surface area contributed by atoms with Gasteiger partial charge < -0.3 is 5.73 Å². The van der Waals surface area contributed by atoms with E-state index in [9.17, 15) is 13.2 Å². The number of halogens is 3. The molecule has 1 fully saturated rings. The van der Waals surface area contributed by atoms with E-state index in [1.807, 2.05) is 0 Å². The Balaban J connectivity index is 2.01. The molecule has 2 N–H and O–H groups in total. The molecular formula is C15H21F3N2S. The summed E-state index contributed by atoms with van der Waals surface area (Å²) in [5, 5.41) is 0. The highest BCUT2D eigenvalue weighted by Crippen LogP contribution is 2.36. The minimum Gasteiger partial charge on any atom is -0.329 e. The van der Waals surface area contributed by atoms with Gasteiger partial charge in [-0.05, 0) is 49.2 Å². The van der Waals surface area contributed by atoms with Crippen molar-refractivity contribution in [1.29, 1.82) is 0 Å². The molecule has 0 aromatic heterocycles. The molecule has 6 heteroatoms. The summed E-state index contributed by atoms with van der Waals surface area (Å²) in [5.41, 5.74) is 2.64. The lowest BCUT2D eigenvalue weighted by molar-refractivity contribution is -0.0328. The van der Waals surface area contributed by atoms with Gasteiger partial charge in [-0.3, -0.25) is 4.90 Å². The summed E-state index contributed by atoms with van der Waals surface area (Å²) in [6, 6.07) is 7.49. The van der Waals surface area contributed by atoms with Crippen LogP contribution in [0.5, 0.6) is 0 Å². The number of hydrogen-bond acceptors (Lipinski definition) is 3. The van der Waals surface area contributed by atoms with Crippen LogP contribution in [-0.4, -0.2) is 29.0 Å². The van der Waals surface area contributed by atoms with Crippen LogP contribution in [0.25, 0.3) is 0 Å². The monoisotopic (exact) mass is 318 g/mol. The Morgan fingerprint density at radius 3 is 2.48 bits per heavy atom. The number of rotatable bonds is 4. The number of hydrogen-bond donors (Lipinski definition) is 1. The number of benzene rings is 1. The number of alkyl halides is 3. The van der Waals surface area contributed by atoms with Gasteiger partial charge in [0.25, 0.3) is 0 Å². The number of nitrogens with zero attached hydrogens (tertiary/aromatic N) is 1. The van der Waals surface area contributed by atoms with E-state index < -0.39 is 5.51 Å². The molecule has 118 valence electrons. The fraction of sp³-hybridized carbons (Fsp3) is 0.600. The Morgan fingerprint density at radius 1 is 1.24 bits per heavy atom. The van der Waals surface area contributed by atoms with Gasteiger partial charge in [-0.25, -0.2) is 0 Å². The predicted molar refractivity (Wildman–Crippen MR) is 80.1 cm³/mol. The SMILES string of the molecule is CC1CCCC(CN)N1Cc1ccc(SC(F)(F)F)cc1. The van der Waals surface area contributed by atoms with Crippen molar-refractivity contribution in [3.8, 4) is 0 Å². The highest BCUT2D eigenvalue weighted by Gasteiger charge is 2.29. The number of piperidine rings is 1. The van der Waals surface area contributed by atoms with Crippen molar-refractivity contribution in [2.24, 2.45) is 5.73 Å². The van der Waals surface area contributed by atoms with Gasteiger partial charge in [0.1, 0.15) is 0 Å². The third-order valence-electron chi connectivity index (χ3n) is 3.99. The highest BCUT2D eigenvalue weighted by molar-refractivity contribution is 8.00. The molecule has 1 aromatic rings. The molecule has 1 aromatic carbocycles. The Bertz CT molecular complexity index is 447. The Morgan fingerprint density at radius 2 is 1.90 bits per heavy atom. The van der Waals surface area contributed by atoms with Crippen molar-refractivity contribution in [2.45, 2.75) is 55.2 Å². The smallest absolute Gasteiger partial charge is 0.329 e. The standard InChI is InChI=1S/C15H21F3N2S/c1-11-3-2-4-13(9-19)20(11)10-12-5-7-14(8-6-12)21-15(16,17)18/h5-8,11,13H,2-4,9-10,19H2,1H3. The van der Waals surface area contributed by atoms with Crippen LogP contribution in [-0.2, 0) is 6.54 Å². The summed E-state index contributed by atoms with van der Waals surface area (Å²) in [6.07, 6.45) is 3.45. The zero-order chi connectivity index (χ0) is 15.5. The van der Waals surface area contributed by atoms with E-state index in [1.54, 1.807) is 24.3 Å². The average molecular weight is 318 g/mol. The van der Waals surface area contributed by atoms with Gasteiger partial charge in [0.15, 0.2) is 0 Å². The second-order valence-corrected chi connectivity index (χ2v) is 6.67. The molecule has 0 saturated carbocycles. The van der Waals surface area contributed by atoms with Crippen LogP contribution in [0.2, 0.25) is 0 Å². The second kappa shape index (κ2) is 7.03. The van der Waals surface area contributed by atoms with Gasteiger partial charge in [-0.15, -0.1) is 0 Å². The van der Waals surface area contributed by atoms with Crippen molar-refractivity contribution in [1.82, 2.24) is 4.90 Å². The van der Waals surface area contributed by atoms with Gasteiger partial charge in [0.05, 0.1) is 0 Å². The fourth-order valence-corrected chi connectivity index (χ4v) is 3.43. The number of nitrogens with two attached hydrogens (primary N) is 1. The minimum absolute atomic E-state index is 0.0725. The van der Waals surface area contributed by atoms with E-state index >= 15 is 0 Å². The van der Waals surface area contributed by atoms with E-state index in [2.05, 4.69) is 11.8 Å². The lowest BCUT2D eigenvalue weighted by Gasteiger charge is -2.40. The third kappa shape index (κ3) is 4.90. The molecule has 0 bridgehead atoms. The van der Waals surface area contributed by atoms with Crippen LogP contribution in [0.15, 0.2) is 29.2 Å². The topological polar surface area (TPSA) is 29.3 Å². The number of thioether (sulfide) groups is 1. The van der Waals surface area contributed by atoms with Gasteiger partial charge in [0, 0.05) is 30.1 Å². The Kier molecular flexibility index (Phi) is 5.57. The zero-order valence-corrected chi connectivity index (χ0v) is 12.9. The molecular weight excluding hydrogens is 297 g/mol. The predicted octanol–water partition coefficient (Wildman–Crippen LogP) is 4.00. The summed E-state index contributed by atoms with van der Waals surface area (Å²) in [5.74, 6) is 0. The van der Waals surface area contributed by atoms with Crippen LogP contribution in [0.1, 0.15) is 31.7 Å². The summed E-state index contributed by atoms with van der Waals surface area (Å²) < 4.78 is 36.9. The van der Waals surface area contributed by atoms with E-state index in [0.717, 1.165) is 24.9 Å². The zero-order valence-electron chi connectivity index (χ0n) is 12.1. The molecule has 1 heterocycles. The van der Waals surface area contributed by atoms with E-state index in [0.29, 0.717) is 18.6 Å².